The molecule has 1 aliphatic heterocycles. The summed E-state index contributed by atoms with van der Waals surface area (Å²) in [4.78, 5) is 0. The molecule has 0 bridgehead atoms. The van der Waals surface area contributed by atoms with Crippen LogP contribution in [0, 0.1) is 0 Å². The Morgan fingerprint density at radius 1 is 1.58 bits per heavy atom. The molecule has 12 heavy (non-hydrogen) atoms. The molecule has 1 aliphatic carbocycles. The van der Waals surface area contributed by atoms with Gasteiger partial charge in [0.2, 0.25) is 10.0 Å². The summed E-state index contributed by atoms with van der Waals surface area (Å²) in [5.74, 6) is 0. The molecule has 0 radical (unpaired) electrons. The third-order valence-corrected chi connectivity index (χ3v) is 6.78. The molecule has 0 amide bonds. The molecule has 1 spiro atoms. The number of hydrogen-bond donors (Lipinski definition) is 0. The Bertz CT molecular complexity index is 297. The molecule has 2 fully saturated rings. The average molecular weight is 301 g/mol. The van der Waals surface area contributed by atoms with E-state index in [4.69, 9.17) is 0 Å². The van der Waals surface area contributed by atoms with Gasteiger partial charge >= 0.3 is 0 Å². The van der Waals surface area contributed by atoms with E-state index in [9.17, 15) is 8.42 Å². The first-order valence-electron chi connectivity index (χ1n) is 4.07. The van der Waals surface area contributed by atoms with Crippen molar-refractivity contribution in [1.82, 2.24) is 4.31 Å². The zero-order valence-electron chi connectivity index (χ0n) is 6.96. The summed E-state index contributed by atoms with van der Waals surface area (Å²) in [7, 11) is -1.21. The fourth-order valence-electron chi connectivity index (χ4n) is 1.92. The summed E-state index contributed by atoms with van der Waals surface area (Å²) in [6.45, 7) is 0. The van der Waals surface area contributed by atoms with Crippen LogP contribution in [0.4, 0.5) is 0 Å². The molecule has 2 aliphatic rings. The van der Waals surface area contributed by atoms with Gasteiger partial charge in [-0.25, -0.2) is 12.7 Å². The number of rotatable bonds is 1. The normalized spacial score (nSPS) is 37.3. The molecule has 0 aromatic rings. The molecule has 0 aromatic carbocycles. The highest BCUT2D eigenvalue weighted by molar-refractivity contribution is 14.1. The molecular formula is C7H12INO2S. The lowest BCUT2D eigenvalue weighted by atomic mass is 10.2. The zero-order chi connectivity index (χ0) is 8.98. The van der Waals surface area contributed by atoms with E-state index < -0.39 is 10.0 Å². The molecule has 0 N–H and O–H groups in total. The topological polar surface area (TPSA) is 37.4 Å². The van der Waals surface area contributed by atoms with Crippen LogP contribution in [0.5, 0.6) is 0 Å². The van der Waals surface area contributed by atoms with Crippen molar-refractivity contribution < 1.29 is 8.42 Å². The number of nitrogens with zero attached hydrogens (tertiary/aromatic N) is 1. The highest BCUT2D eigenvalue weighted by Crippen LogP contribution is 2.53. The van der Waals surface area contributed by atoms with Crippen LogP contribution < -0.4 is 0 Å². The van der Waals surface area contributed by atoms with Gasteiger partial charge in [0, 0.05) is 17.5 Å². The van der Waals surface area contributed by atoms with Gasteiger partial charge in [-0.15, -0.1) is 0 Å². The number of alkyl halides is 1. The second-order valence-electron chi connectivity index (χ2n) is 3.72. The number of hydrogen-bond acceptors (Lipinski definition) is 2. The molecule has 1 unspecified atom stereocenters. The Hall–Kier alpha value is 0.640. The maximum Gasteiger partial charge on any atom is 0.219 e. The maximum atomic E-state index is 11.8. The molecule has 1 saturated carbocycles. The zero-order valence-corrected chi connectivity index (χ0v) is 9.93. The largest absolute Gasteiger partial charge is 0.219 e. The van der Waals surface area contributed by atoms with Crippen LogP contribution in [0.3, 0.4) is 0 Å². The standard InChI is InChI=1S/C7H12INO2S/c1-9-6(5-8)4-7(2-3-7)12(9,10)11/h6H,2-5H2,1H3. The predicted octanol–water partition coefficient (Wildman–Crippen LogP) is 0.988. The minimum atomic E-state index is -2.92. The van der Waals surface area contributed by atoms with E-state index in [0.29, 0.717) is 0 Å². The third kappa shape index (κ3) is 0.988. The molecule has 1 atom stereocenters. The quantitative estimate of drug-likeness (QED) is 0.535. The first-order chi connectivity index (χ1) is 5.53. The van der Waals surface area contributed by atoms with Gasteiger partial charge < -0.3 is 0 Å². The predicted molar refractivity (Wildman–Crippen MR) is 55.9 cm³/mol. The molecule has 1 saturated heterocycles. The Kier molecular flexibility index (Phi) is 1.97. The summed E-state index contributed by atoms with van der Waals surface area (Å²) < 4.78 is 25.7. The monoisotopic (exact) mass is 301 g/mol. The maximum absolute atomic E-state index is 11.8. The van der Waals surface area contributed by atoms with E-state index in [1.165, 1.54) is 0 Å². The van der Waals surface area contributed by atoms with Gasteiger partial charge in [-0.1, -0.05) is 22.6 Å². The van der Waals surface area contributed by atoms with Crippen LogP contribution in [-0.4, -0.2) is 35.0 Å². The first-order valence-corrected chi connectivity index (χ1v) is 7.04. The Morgan fingerprint density at radius 3 is 2.42 bits per heavy atom. The molecule has 1 heterocycles. The van der Waals surface area contributed by atoms with E-state index in [-0.39, 0.29) is 10.8 Å². The molecular weight excluding hydrogens is 289 g/mol. The van der Waals surface area contributed by atoms with E-state index in [1.54, 1.807) is 11.4 Å². The summed E-state index contributed by atoms with van der Waals surface area (Å²) >= 11 is 2.26. The first kappa shape index (κ1) is 9.21. The van der Waals surface area contributed by atoms with Gasteiger partial charge in [0.1, 0.15) is 0 Å². The van der Waals surface area contributed by atoms with Crippen LogP contribution in [0.25, 0.3) is 0 Å². The highest BCUT2D eigenvalue weighted by Gasteiger charge is 2.62. The lowest BCUT2D eigenvalue weighted by Crippen LogP contribution is -2.31. The summed E-state index contributed by atoms with van der Waals surface area (Å²) in [5, 5.41) is 0. The van der Waals surface area contributed by atoms with Gasteiger partial charge in [0.15, 0.2) is 0 Å². The van der Waals surface area contributed by atoms with E-state index >= 15 is 0 Å². The van der Waals surface area contributed by atoms with Crippen molar-refractivity contribution in [3.05, 3.63) is 0 Å². The molecule has 5 heteroatoms. The van der Waals surface area contributed by atoms with Gasteiger partial charge in [-0.3, -0.25) is 0 Å². The van der Waals surface area contributed by atoms with Crippen LogP contribution in [0.2, 0.25) is 0 Å². The minimum absolute atomic E-state index is 0.248. The number of halogens is 1. The molecule has 2 rings (SSSR count). The Labute approximate surface area is 86.7 Å². The summed E-state index contributed by atoms with van der Waals surface area (Å²) in [6.07, 6.45) is 2.62. The van der Waals surface area contributed by atoms with Crippen molar-refractivity contribution in [2.75, 3.05) is 11.5 Å². The fourth-order valence-corrected chi connectivity index (χ4v) is 5.26. The summed E-state index contributed by atoms with van der Waals surface area (Å²) in [5.41, 5.74) is 0. The lowest BCUT2D eigenvalue weighted by Gasteiger charge is -2.14. The Balaban J connectivity index is 2.36. The van der Waals surface area contributed by atoms with E-state index in [1.807, 2.05) is 0 Å². The second kappa shape index (κ2) is 2.57. The van der Waals surface area contributed by atoms with E-state index in [0.717, 1.165) is 23.7 Å². The molecule has 70 valence electrons. The van der Waals surface area contributed by atoms with Crippen LogP contribution in [0.1, 0.15) is 19.3 Å². The lowest BCUT2D eigenvalue weighted by molar-refractivity contribution is 0.427. The fraction of sp³-hybridized carbons (Fsp3) is 1.00. The van der Waals surface area contributed by atoms with Crippen LogP contribution >= 0.6 is 22.6 Å². The van der Waals surface area contributed by atoms with Gasteiger partial charge in [0.25, 0.3) is 0 Å². The van der Waals surface area contributed by atoms with Crippen molar-refractivity contribution >= 4 is 32.6 Å². The van der Waals surface area contributed by atoms with Crippen LogP contribution in [0.15, 0.2) is 0 Å². The van der Waals surface area contributed by atoms with Gasteiger partial charge in [-0.2, -0.15) is 0 Å². The Morgan fingerprint density at radius 2 is 2.17 bits per heavy atom. The third-order valence-electron chi connectivity index (χ3n) is 3.03. The smallest absolute Gasteiger partial charge is 0.212 e. The van der Waals surface area contributed by atoms with Crippen molar-refractivity contribution in [2.24, 2.45) is 0 Å². The average Bonchev–Trinajstić information content (AvgIpc) is 2.76. The molecule has 0 aromatic heterocycles. The van der Waals surface area contributed by atoms with Crippen molar-refractivity contribution in [2.45, 2.75) is 30.1 Å². The number of sulfonamides is 1. The second-order valence-corrected chi connectivity index (χ2v) is 6.99. The van der Waals surface area contributed by atoms with Gasteiger partial charge in [0.05, 0.1) is 4.75 Å². The van der Waals surface area contributed by atoms with E-state index in [2.05, 4.69) is 22.6 Å². The SMILES string of the molecule is CN1C(CI)CC2(CC2)S1(=O)=O. The van der Waals surface area contributed by atoms with Crippen molar-refractivity contribution in [3.63, 3.8) is 0 Å². The molecule has 3 nitrogen and oxygen atoms in total. The van der Waals surface area contributed by atoms with Gasteiger partial charge in [-0.05, 0) is 19.3 Å². The van der Waals surface area contributed by atoms with Crippen molar-refractivity contribution in [3.8, 4) is 0 Å². The van der Waals surface area contributed by atoms with Crippen molar-refractivity contribution in [1.29, 1.82) is 0 Å². The summed E-state index contributed by atoms with van der Waals surface area (Å²) in [6, 6.07) is 0.248. The highest BCUT2D eigenvalue weighted by atomic mass is 127. The minimum Gasteiger partial charge on any atom is -0.212 e. The van der Waals surface area contributed by atoms with Crippen LogP contribution in [-0.2, 0) is 10.0 Å².